The number of ether oxygens (including phenoxy) is 3. The molecule has 4 nitrogen and oxygen atoms in total. The van der Waals surface area contributed by atoms with Gasteiger partial charge in [-0.3, -0.25) is 0 Å². The molecule has 0 fully saturated rings. The highest BCUT2D eigenvalue weighted by Crippen LogP contribution is 2.30. The Bertz CT molecular complexity index is 882. The van der Waals surface area contributed by atoms with Crippen LogP contribution in [0.1, 0.15) is 62.0 Å². The van der Waals surface area contributed by atoms with Gasteiger partial charge in [0.25, 0.3) is 0 Å². The summed E-state index contributed by atoms with van der Waals surface area (Å²) in [5.74, 6) is 2.76. The van der Waals surface area contributed by atoms with Crippen molar-refractivity contribution < 1.29 is 18.6 Å². The molecule has 0 saturated carbocycles. The molecule has 4 aromatic rings. The van der Waals surface area contributed by atoms with Crippen molar-refractivity contribution in [3.63, 3.8) is 0 Å². The van der Waals surface area contributed by atoms with Gasteiger partial charge in [0.15, 0.2) is 11.5 Å². The highest BCUT2D eigenvalue weighted by atomic mass is 16.7. The summed E-state index contributed by atoms with van der Waals surface area (Å²) in [4.78, 5) is 0. The first kappa shape index (κ1) is 33.8. The zero-order valence-corrected chi connectivity index (χ0v) is 20.8. The van der Waals surface area contributed by atoms with Crippen LogP contribution in [0.25, 0.3) is 11.0 Å². The number of fused-ring (bicyclic) bond motifs is 3. The molecule has 0 radical (unpaired) electrons. The lowest BCUT2D eigenvalue weighted by atomic mass is 10.2. The van der Waals surface area contributed by atoms with Gasteiger partial charge < -0.3 is 18.6 Å². The van der Waals surface area contributed by atoms with E-state index in [0.29, 0.717) is 6.79 Å². The van der Waals surface area contributed by atoms with Gasteiger partial charge in [-0.2, -0.15) is 0 Å². The quantitative estimate of drug-likeness (QED) is 0.250. The van der Waals surface area contributed by atoms with E-state index < -0.39 is 0 Å². The Hall–Kier alpha value is -3.40. The van der Waals surface area contributed by atoms with E-state index in [1.54, 1.807) is 6.26 Å². The Kier molecular flexibility index (Phi) is 20.4. The summed E-state index contributed by atoms with van der Waals surface area (Å²) in [7, 11) is 0. The van der Waals surface area contributed by atoms with E-state index in [4.69, 9.17) is 18.6 Å². The Morgan fingerprint density at radius 3 is 1.63 bits per heavy atom. The molecule has 0 N–H and O–H groups in total. The summed E-state index contributed by atoms with van der Waals surface area (Å²) in [6.07, 6.45) is 2.78. The fraction of sp³-hybridized carbons (Fsp3) is 0.355. The Balaban J connectivity index is 0. The first-order chi connectivity index (χ1) is 16.4. The molecular weight excluding hydrogens is 436 g/mol. The first-order valence-electron chi connectivity index (χ1n) is 11.9. The van der Waals surface area contributed by atoms with Crippen molar-refractivity contribution in [2.45, 2.75) is 62.8 Å². The van der Waals surface area contributed by atoms with Gasteiger partial charge in [0.2, 0.25) is 6.79 Å². The van der Waals surface area contributed by atoms with Gasteiger partial charge in [-0.1, -0.05) is 105 Å². The zero-order valence-electron chi connectivity index (χ0n) is 20.8. The molecule has 0 atom stereocenters. The molecule has 0 spiro atoms. The van der Waals surface area contributed by atoms with Crippen molar-refractivity contribution >= 4 is 11.0 Å². The third-order valence-corrected chi connectivity index (χ3v) is 4.24. The molecule has 2 aliphatic heterocycles. The van der Waals surface area contributed by atoms with Gasteiger partial charge in [0, 0.05) is 11.8 Å². The first-order valence-corrected chi connectivity index (χ1v) is 11.9. The summed E-state index contributed by atoms with van der Waals surface area (Å²) in [6.45, 7) is 13.2. The summed E-state index contributed by atoms with van der Waals surface area (Å²) in [5, 5.41) is 1.16. The molecule has 0 amide bonds. The van der Waals surface area contributed by atoms with Gasteiger partial charge >= 0.3 is 0 Å². The molecule has 3 heterocycles. The van der Waals surface area contributed by atoms with Crippen LogP contribution in [0.2, 0.25) is 0 Å². The number of hydrogen-bond acceptors (Lipinski definition) is 4. The van der Waals surface area contributed by atoms with Gasteiger partial charge in [-0.25, -0.2) is 0 Å². The standard InChI is InChI=1S/C8H8O.C8H6O.C7H6O2.3C2H6.2CH4/c2*1-2-4-8-7(3-1)5-6-9-8;1-2-4-7-6(3-1)8-5-9-7;3*1-2;;/h1-4H,5-6H2;1-6H;1-4H,5H2;3*1-2H3;2*1H4. The topological polar surface area (TPSA) is 40.8 Å². The fourth-order valence-electron chi connectivity index (χ4n) is 2.87. The smallest absolute Gasteiger partial charge is 0.231 e. The van der Waals surface area contributed by atoms with Crippen LogP contribution in [0.15, 0.2) is 89.5 Å². The average molecular weight is 483 g/mol. The lowest BCUT2D eigenvalue weighted by Crippen LogP contribution is -1.92. The van der Waals surface area contributed by atoms with Crippen LogP contribution in [-0.2, 0) is 6.42 Å². The maximum atomic E-state index is 5.30. The van der Waals surface area contributed by atoms with E-state index in [9.17, 15) is 0 Å². The predicted molar refractivity (Wildman–Crippen MR) is 152 cm³/mol. The Labute approximate surface area is 213 Å². The summed E-state index contributed by atoms with van der Waals surface area (Å²) in [6, 6.07) is 25.7. The maximum Gasteiger partial charge on any atom is 0.231 e. The number of benzene rings is 3. The van der Waals surface area contributed by atoms with E-state index in [1.807, 2.05) is 114 Å². The molecule has 35 heavy (non-hydrogen) atoms. The minimum atomic E-state index is 0. The lowest BCUT2D eigenvalue weighted by Gasteiger charge is -1.93. The second kappa shape index (κ2) is 21.2. The van der Waals surface area contributed by atoms with Crippen molar-refractivity contribution in [2.24, 2.45) is 0 Å². The molecule has 3 aromatic carbocycles. The predicted octanol–water partition coefficient (Wildman–Crippen LogP) is 9.82. The highest BCUT2D eigenvalue weighted by Gasteiger charge is 2.09. The van der Waals surface area contributed by atoms with E-state index in [-0.39, 0.29) is 14.9 Å². The van der Waals surface area contributed by atoms with Crippen LogP contribution < -0.4 is 14.2 Å². The zero-order chi connectivity index (χ0) is 24.3. The molecule has 0 saturated heterocycles. The van der Waals surface area contributed by atoms with Crippen molar-refractivity contribution in [1.82, 2.24) is 0 Å². The van der Waals surface area contributed by atoms with Gasteiger partial charge in [0.1, 0.15) is 11.3 Å². The van der Waals surface area contributed by atoms with Crippen LogP contribution in [0, 0.1) is 0 Å². The van der Waals surface area contributed by atoms with Crippen LogP contribution >= 0.6 is 0 Å². The normalized spacial score (nSPS) is 10.5. The third kappa shape index (κ3) is 11.0. The maximum absolute atomic E-state index is 5.30. The Morgan fingerprint density at radius 1 is 0.543 bits per heavy atom. The number of furan rings is 1. The van der Waals surface area contributed by atoms with E-state index in [0.717, 1.165) is 41.2 Å². The third-order valence-electron chi connectivity index (χ3n) is 4.24. The Morgan fingerprint density at radius 2 is 1.06 bits per heavy atom. The van der Waals surface area contributed by atoms with Crippen LogP contribution in [0.5, 0.6) is 17.2 Å². The van der Waals surface area contributed by atoms with Crippen LogP contribution in [0.3, 0.4) is 0 Å². The minimum Gasteiger partial charge on any atom is -0.493 e. The second-order valence-electron chi connectivity index (χ2n) is 6.02. The molecule has 1 aromatic heterocycles. The van der Waals surface area contributed by atoms with Gasteiger partial charge in [-0.15, -0.1) is 0 Å². The van der Waals surface area contributed by atoms with Crippen LogP contribution in [0.4, 0.5) is 0 Å². The van der Waals surface area contributed by atoms with Crippen molar-refractivity contribution in [3.05, 3.63) is 90.7 Å². The molecule has 194 valence electrons. The molecule has 0 unspecified atom stereocenters. The van der Waals surface area contributed by atoms with Gasteiger partial charge in [0.05, 0.1) is 12.9 Å². The molecule has 6 rings (SSSR count). The van der Waals surface area contributed by atoms with Gasteiger partial charge in [-0.05, 0) is 35.9 Å². The molecular formula is C31H46O4. The van der Waals surface area contributed by atoms with E-state index in [1.165, 1.54) is 5.56 Å². The molecule has 2 aliphatic rings. The molecule has 0 aliphatic carbocycles. The van der Waals surface area contributed by atoms with Crippen molar-refractivity contribution in [3.8, 4) is 17.2 Å². The largest absolute Gasteiger partial charge is 0.493 e. The van der Waals surface area contributed by atoms with E-state index >= 15 is 0 Å². The summed E-state index contributed by atoms with van der Waals surface area (Å²) < 4.78 is 20.6. The number of para-hydroxylation sites is 4. The fourth-order valence-corrected chi connectivity index (χ4v) is 2.87. The minimum absolute atomic E-state index is 0. The summed E-state index contributed by atoms with van der Waals surface area (Å²) in [5.41, 5.74) is 2.30. The number of rotatable bonds is 0. The van der Waals surface area contributed by atoms with Crippen molar-refractivity contribution in [2.75, 3.05) is 13.4 Å². The number of hydrogen-bond donors (Lipinski definition) is 0. The molecule has 4 heteroatoms. The highest BCUT2D eigenvalue weighted by molar-refractivity contribution is 5.76. The monoisotopic (exact) mass is 482 g/mol. The van der Waals surface area contributed by atoms with Crippen molar-refractivity contribution in [1.29, 1.82) is 0 Å². The van der Waals surface area contributed by atoms with Crippen LogP contribution in [-0.4, -0.2) is 13.4 Å². The lowest BCUT2D eigenvalue weighted by molar-refractivity contribution is 0.174. The SMILES string of the molecule is C.C.CC.CC.CC.c1ccc2c(c1)CCO2.c1ccc2c(c1)OCO2.c1ccc2occc2c1. The second-order valence-corrected chi connectivity index (χ2v) is 6.02. The molecule has 0 bridgehead atoms. The van der Waals surface area contributed by atoms with E-state index in [2.05, 4.69) is 6.07 Å². The summed E-state index contributed by atoms with van der Waals surface area (Å²) >= 11 is 0. The average Bonchev–Trinajstić information content (AvgIpc) is 3.69.